The largest absolute Gasteiger partial charge is 0.496 e. The second kappa shape index (κ2) is 8.44. The molecule has 1 amide bonds. The van der Waals surface area contributed by atoms with Gasteiger partial charge in [0.25, 0.3) is 11.5 Å². The van der Waals surface area contributed by atoms with Gasteiger partial charge in [0, 0.05) is 11.1 Å². The van der Waals surface area contributed by atoms with Gasteiger partial charge in [0.05, 0.1) is 30.1 Å². The van der Waals surface area contributed by atoms with Crippen LogP contribution in [0.15, 0.2) is 47.3 Å². The highest BCUT2D eigenvalue weighted by Gasteiger charge is 2.25. The summed E-state index contributed by atoms with van der Waals surface area (Å²) in [5.41, 5.74) is 0.744. The quantitative estimate of drug-likeness (QED) is 0.679. The van der Waals surface area contributed by atoms with Gasteiger partial charge in [-0.2, -0.15) is 0 Å². The standard InChI is InChI=1S/C21H22ClN3O3/c1-4-13(2)25(21(27)16-11-14(22)9-10-18(16)28-3)12-19-23-17-8-6-5-7-15(17)20(26)24-19/h5-11,13H,4,12H2,1-3H3,(H,23,24,26)/t13-/m0/s1. The van der Waals surface area contributed by atoms with Gasteiger partial charge in [-0.3, -0.25) is 9.59 Å². The van der Waals surface area contributed by atoms with Gasteiger partial charge in [0.15, 0.2) is 0 Å². The van der Waals surface area contributed by atoms with Gasteiger partial charge in [-0.05, 0) is 43.7 Å². The minimum Gasteiger partial charge on any atom is -0.496 e. The third kappa shape index (κ3) is 4.02. The first kappa shape index (κ1) is 19.9. The zero-order valence-corrected chi connectivity index (χ0v) is 16.8. The van der Waals surface area contributed by atoms with E-state index in [2.05, 4.69) is 9.97 Å². The molecule has 2 aromatic carbocycles. The molecule has 0 aliphatic heterocycles. The molecule has 7 heteroatoms. The molecule has 3 rings (SSSR count). The number of aromatic amines is 1. The third-order valence-corrected chi connectivity index (χ3v) is 4.99. The molecule has 0 saturated carbocycles. The predicted octanol–water partition coefficient (Wildman–Crippen LogP) is 4.03. The van der Waals surface area contributed by atoms with Crippen LogP contribution in [0.2, 0.25) is 5.02 Å². The van der Waals surface area contributed by atoms with Gasteiger partial charge < -0.3 is 14.6 Å². The normalized spacial score (nSPS) is 12.0. The Hall–Kier alpha value is -2.86. The van der Waals surface area contributed by atoms with Crippen LogP contribution in [0.25, 0.3) is 10.9 Å². The monoisotopic (exact) mass is 399 g/mol. The summed E-state index contributed by atoms with van der Waals surface area (Å²) in [6.45, 7) is 4.12. The Balaban J connectivity index is 2.01. The number of carbonyl (C=O) groups excluding carboxylic acids is 1. The van der Waals surface area contributed by atoms with E-state index in [1.54, 1.807) is 41.3 Å². The molecule has 0 radical (unpaired) electrons. The summed E-state index contributed by atoms with van der Waals surface area (Å²) >= 11 is 6.10. The Bertz CT molecular complexity index is 1060. The number of nitrogens with zero attached hydrogens (tertiary/aromatic N) is 2. The zero-order chi connectivity index (χ0) is 20.3. The molecule has 0 bridgehead atoms. The molecule has 1 N–H and O–H groups in total. The summed E-state index contributed by atoms with van der Waals surface area (Å²) in [6.07, 6.45) is 0.742. The van der Waals surface area contributed by atoms with Crippen molar-refractivity contribution in [3.63, 3.8) is 0 Å². The first-order valence-corrected chi connectivity index (χ1v) is 9.44. The second-order valence-electron chi connectivity index (χ2n) is 6.56. The van der Waals surface area contributed by atoms with Crippen LogP contribution in [0, 0.1) is 0 Å². The van der Waals surface area contributed by atoms with E-state index in [1.165, 1.54) is 7.11 Å². The number of rotatable bonds is 6. The van der Waals surface area contributed by atoms with Crippen LogP contribution in [0.4, 0.5) is 0 Å². The van der Waals surface area contributed by atoms with E-state index in [0.717, 1.165) is 6.42 Å². The highest BCUT2D eigenvalue weighted by atomic mass is 35.5. The van der Waals surface area contributed by atoms with Crippen LogP contribution >= 0.6 is 11.6 Å². The second-order valence-corrected chi connectivity index (χ2v) is 7.00. The van der Waals surface area contributed by atoms with Crippen molar-refractivity contribution in [1.82, 2.24) is 14.9 Å². The number of fused-ring (bicyclic) bond motifs is 1. The van der Waals surface area contributed by atoms with E-state index in [9.17, 15) is 9.59 Å². The van der Waals surface area contributed by atoms with Crippen molar-refractivity contribution in [2.75, 3.05) is 7.11 Å². The lowest BCUT2D eigenvalue weighted by Gasteiger charge is -2.29. The maximum absolute atomic E-state index is 13.3. The summed E-state index contributed by atoms with van der Waals surface area (Å²) in [5, 5.41) is 0.967. The van der Waals surface area contributed by atoms with E-state index in [-0.39, 0.29) is 24.1 Å². The van der Waals surface area contributed by atoms with Crippen LogP contribution in [-0.4, -0.2) is 33.9 Å². The van der Waals surface area contributed by atoms with Crippen LogP contribution in [-0.2, 0) is 6.54 Å². The predicted molar refractivity (Wildman–Crippen MR) is 110 cm³/mol. The molecule has 0 unspecified atom stereocenters. The molecule has 28 heavy (non-hydrogen) atoms. The Morgan fingerprint density at radius 1 is 1.29 bits per heavy atom. The van der Waals surface area contributed by atoms with Crippen molar-refractivity contribution in [3.05, 3.63) is 69.2 Å². The number of nitrogens with one attached hydrogen (secondary N) is 1. The Kier molecular flexibility index (Phi) is 5.99. The minimum atomic E-state index is -0.232. The highest BCUT2D eigenvalue weighted by Crippen LogP contribution is 2.26. The average molecular weight is 400 g/mol. The number of aromatic nitrogens is 2. The number of methoxy groups -OCH3 is 1. The molecule has 0 fully saturated rings. The third-order valence-electron chi connectivity index (χ3n) is 4.76. The topological polar surface area (TPSA) is 75.3 Å². The number of hydrogen-bond acceptors (Lipinski definition) is 4. The fraction of sp³-hybridized carbons (Fsp3) is 0.286. The molecule has 0 aliphatic carbocycles. The van der Waals surface area contributed by atoms with Gasteiger partial charge >= 0.3 is 0 Å². The molecule has 1 heterocycles. The van der Waals surface area contributed by atoms with E-state index < -0.39 is 0 Å². The molecule has 3 aromatic rings. The van der Waals surface area contributed by atoms with Gasteiger partial charge in [0.1, 0.15) is 11.6 Å². The summed E-state index contributed by atoms with van der Waals surface area (Å²) in [6, 6.07) is 12.0. The molecule has 0 aliphatic rings. The van der Waals surface area contributed by atoms with E-state index in [4.69, 9.17) is 16.3 Å². The van der Waals surface area contributed by atoms with Gasteiger partial charge in [0.2, 0.25) is 0 Å². The fourth-order valence-electron chi connectivity index (χ4n) is 3.02. The van der Waals surface area contributed by atoms with E-state index in [1.807, 2.05) is 19.9 Å². The summed E-state index contributed by atoms with van der Waals surface area (Å²) < 4.78 is 5.33. The smallest absolute Gasteiger partial charge is 0.258 e. The molecular weight excluding hydrogens is 378 g/mol. The van der Waals surface area contributed by atoms with Crippen LogP contribution in [0.5, 0.6) is 5.75 Å². The van der Waals surface area contributed by atoms with Crippen molar-refractivity contribution in [3.8, 4) is 5.75 Å². The minimum absolute atomic E-state index is 0.0760. The fourth-order valence-corrected chi connectivity index (χ4v) is 3.19. The number of carbonyl (C=O) groups is 1. The average Bonchev–Trinajstić information content (AvgIpc) is 2.71. The van der Waals surface area contributed by atoms with Gasteiger partial charge in [-0.25, -0.2) is 4.98 Å². The number of ether oxygens (including phenoxy) is 1. The maximum atomic E-state index is 13.3. The molecule has 0 saturated heterocycles. The number of amides is 1. The van der Waals surface area contributed by atoms with E-state index >= 15 is 0 Å². The Morgan fingerprint density at radius 2 is 2.04 bits per heavy atom. The first-order valence-electron chi connectivity index (χ1n) is 9.07. The summed E-state index contributed by atoms with van der Waals surface area (Å²) in [7, 11) is 1.51. The molecule has 146 valence electrons. The van der Waals surface area contributed by atoms with Crippen LogP contribution in [0.3, 0.4) is 0 Å². The van der Waals surface area contributed by atoms with Crippen LogP contribution in [0.1, 0.15) is 36.5 Å². The van der Waals surface area contributed by atoms with Crippen molar-refractivity contribution in [2.24, 2.45) is 0 Å². The number of para-hydroxylation sites is 1. The summed E-state index contributed by atoms with van der Waals surface area (Å²) in [5.74, 6) is 0.644. The van der Waals surface area contributed by atoms with Crippen molar-refractivity contribution in [1.29, 1.82) is 0 Å². The lowest BCUT2D eigenvalue weighted by atomic mass is 10.1. The molecule has 6 nitrogen and oxygen atoms in total. The SMILES string of the molecule is CC[C@H](C)N(Cc1nc2ccccc2c(=O)[nH]1)C(=O)c1cc(Cl)ccc1OC. The molecule has 1 aromatic heterocycles. The highest BCUT2D eigenvalue weighted by molar-refractivity contribution is 6.31. The van der Waals surface area contributed by atoms with Crippen molar-refractivity contribution in [2.45, 2.75) is 32.9 Å². The Labute approximate surface area is 168 Å². The van der Waals surface area contributed by atoms with Crippen molar-refractivity contribution < 1.29 is 9.53 Å². The van der Waals surface area contributed by atoms with Crippen LogP contribution < -0.4 is 10.3 Å². The first-order chi connectivity index (χ1) is 13.4. The maximum Gasteiger partial charge on any atom is 0.258 e. The summed E-state index contributed by atoms with van der Waals surface area (Å²) in [4.78, 5) is 34.6. The number of H-pyrrole nitrogens is 1. The Morgan fingerprint density at radius 3 is 2.75 bits per heavy atom. The number of hydrogen-bond donors (Lipinski definition) is 1. The lowest BCUT2D eigenvalue weighted by Crippen LogP contribution is -2.39. The lowest BCUT2D eigenvalue weighted by molar-refractivity contribution is 0.0662. The number of halogens is 1. The molecule has 0 spiro atoms. The van der Waals surface area contributed by atoms with Gasteiger partial charge in [-0.1, -0.05) is 30.7 Å². The van der Waals surface area contributed by atoms with Crippen molar-refractivity contribution >= 4 is 28.4 Å². The molecule has 1 atom stereocenters. The zero-order valence-electron chi connectivity index (χ0n) is 16.0. The molecular formula is C21H22ClN3O3. The number of benzene rings is 2. The van der Waals surface area contributed by atoms with Gasteiger partial charge in [-0.15, -0.1) is 0 Å². The van der Waals surface area contributed by atoms with E-state index in [0.29, 0.717) is 33.1 Å².